The maximum atomic E-state index is 13.7. The van der Waals surface area contributed by atoms with E-state index in [0.29, 0.717) is 43.3 Å². The number of carbonyl (C=O) groups excluding carboxylic acids is 2. The van der Waals surface area contributed by atoms with Crippen molar-refractivity contribution < 1.29 is 23.8 Å². The summed E-state index contributed by atoms with van der Waals surface area (Å²) in [7, 11) is 4.87. The molecule has 7 heteroatoms. The van der Waals surface area contributed by atoms with Crippen molar-refractivity contribution in [1.29, 1.82) is 0 Å². The van der Waals surface area contributed by atoms with Gasteiger partial charge in [0.15, 0.2) is 0 Å². The molecule has 1 saturated carbocycles. The first-order valence-corrected chi connectivity index (χ1v) is 11.1. The van der Waals surface area contributed by atoms with E-state index in [1.807, 2.05) is 29.2 Å². The average molecular weight is 431 g/mol. The second-order valence-corrected chi connectivity index (χ2v) is 8.05. The molecule has 1 aliphatic carbocycles. The zero-order valence-corrected chi connectivity index (χ0v) is 18.9. The van der Waals surface area contributed by atoms with E-state index in [2.05, 4.69) is 0 Å². The molecule has 1 aliphatic heterocycles. The second-order valence-electron chi connectivity index (χ2n) is 8.05. The van der Waals surface area contributed by atoms with Crippen LogP contribution in [0.25, 0.3) is 5.57 Å². The Morgan fingerprint density at radius 3 is 1.97 bits per heavy atom. The van der Waals surface area contributed by atoms with Gasteiger partial charge in [-0.1, -0.05) is 37.8 Å². The third-order valence-corrected chi connectivity index (χ3v) is 6.11. The topological polar surface area (TPSA) is 68.3 Å². The lowest BCUT2D eigenvalue weighted by Crippen LogP contribution is -2.43. The molecule has 31 heavy (non-hydrogen) atoms. The number of carbonyl (C=O) groups is 2. The Bertz CT molecular complexity index is 774. The van der Waals surface area contributed by atoms with Gasteiger partial charge in [0.05, 0.1) is 25.9 Å². The van der Waals surface area contributed by atoms with Crippen molar-refractivity contribution in [3.8, 4) is 5.75 Å². The zero-order chi connectivity index (χ0) is 22.2. The molecular formula is C24H34N2O5. The molecular weight excluding hydrogens is 396 g/mol. The summed E-state index contributed by atoms with van der Waals surface area (Å²) in [6.45, 7) is 1.92. The van der Waals surface area contributed by atoms with Gasteiger partial charge in [0.2, 0.25) is 0 Å². The van der Waals surface area contributed by atoms with Crippen LogP contribution >= 0.6 is 0 Å². The van der Waals surface area contributed by atoms with Crippen molar-refractivity contribution in [2.45, 2.75) is 44.6 Å². The smallest absolute Gasteiger partial charge is 0.278 e. The molecule has 0 saturated heterocycles. The highest BCUT2D eigenvalue weighted by molar-refractivity contribution is 6.35. The van der Waals surface area contributed by atoms with Crippen molar-refractivity contribution in [1.82, 2.24) is 9.80 Å². The summed E-state index contributed by atoms with van der Waals surface area (Å²) in [5.74, 6) is 0.311. The first-order chi connectivity index (χ1) is 15.1. The Balaban J connectivity index is 2.03. The average Bonchev–Trinajstić information content (AvgIpc) is 2.95. The molecule has 0 atom stereocenters. The normalized spacial score (nSPS) is 18.0. The lowest BCUT2D eigenvalue weighted by molar-refractivity contribution is -0.140. The molecule has 0 N–H and O–H groups in total. The van der Waals surface area contributed by atoms with Gasteiger partial charge in [-0.25, -0.2) is 0 Å². The molecule has 2 aliphatic rings. The summed E-state index contributed by atoms with van der Waals surface area (Å²) in [4.78, 5) is 30.8. The molecule has 0 bridgehead atoms. The monoisotopic (exact) mass is 430 g/mol. The third-order valence-electron chi connectivity index (χ3n) is 6.11. The van der Waals surface area contributed by atoms with E-state index in [1.165, 1.54) is 4.90 Å². The van der Waals surface area contributed by atoms with Crippen molar-refractivity contribution in [2.75, 3.05) is 47.6 Å². The van der Waals surface area contributed by atoms with Crippen molar-refractivity contribution in [2.24, 2.45) is 0 Å². The van der Waals surface area contributed by atoms with E-state index >= 15 is 0 Å². The van der Waals surface area contributed by atoms with Crippen molar-refractivity contribution in [3.05, 3.63) is 35.5 Å². The number of benzene rings is 1. The number of rotatable bonds is 10. The minimum atomic E-state index is -0.199. The summed E-state index contributed by atoms with van der Waals surface area (Å²) in [5.41, 5.74) is 1.64. The maximum absolute atomic E-state index is 13.7. The highest BCUT2D eigenvalue weighted by Crippen LogP contribution is 2.36. The van der Waals surface area contributed by atoms with Gasteiger partial charge in [0.1, 0.15) is 11.4 Å². The fraction of sp³-hybridized carbons (Fsp3) is 0.583. The summed E-state index contributed by atoms with van der Waals surface area (Å²) in [5, 5.41) is 0. The van der Waals surface area contributed by atoms with Gasteiger partial charge in [0, 0.05) is 33.4 Å². The van der Waals surface area contributed by atoms with Crippen LogP contribution in [0.1, 0.15) is 44.1 Å². The van der Waals surface area contributed by atoms with Crippen LogP contribution in [0.15, 0.2) is 30.0 Å². The van der Waals surface area contributed by atoms with Gasteiger partial charge in [0.25, 0.3) is 11.8 Å². The molecule has 0 spiro atoms. The van der Waals surface area contributed by atoms with Gasteiger partial charge in [-0.2, -0.15) is 0 Å². The predicted molar refractivity (Wildman–Crippen MR) is 119 cm³/mol. The van der Waals surface area contributed by atoms with Gasteiger partial charge in [-0.3, -0.25) is 14.5 Å². The molecule has 0 radical (unpaired) electrons. The first-order valence-electron chi connectivity index (χ1n) is 11.1. The molecule has 3 rings (SSSR count). The fourth-order valence-electron chi connectivity index (χ4n) is 4.43. The molecule has 170 valence electrons. The van der Waals surface area contributed by atoms with E-state index in [4.69, 9.17) is 14.2 Å². The van der Waals surface area contributed by atoms with Gasteiger partial charge in [-0.15, -0.1) is 0 Å². The standard InChI is InChI=1S/C24H34N2O5/c1-29-16-14-25(15-17-30-2)22-21(18-10-12-20(31-3)13-11-18)23(27)26(24(22)28)19-8-6-4-5-7-9-19/h10-13,19H,4-9,14-17H2,1-3H3. The van der Waals surface area contributed by atoms with E-state index in [-0.39, 0.29) is 17.9 Å². The van der Waals surface area contributed by atoms with E-state index < -0.39 is 0 Å². The third kappa shape index (κ3) is 5.28. The summed E-state index contributed by atoms with van der Waals surface area (Å²) in [6.07, 6.45) is 6.16. The maximum Gasteiger partial charge on any atom is 0.278 e. The van der Waals surface area contributed by atoms with E-state index in [9.17, 15) is 9.59 Å². The number of hydrogen-bond donors (Lipinski definition) is 0. The van der Waals surface area contributed by atoms with E-state index in [1.54, 1.807) is 21.3 Å². The first kappa shape index (κ1) is 23.3. The number of imide groups is 1. The van der Waals surface area contributed by atoms with Crippen LogP contribution < -0.4 is 4.74 Å². The Labute approximate surface area is 184 Å². The number of ether oxygens (including phenoxy) is 3. The van der Waals surface area contributed by atoms with Crippen molar-refractivity contribution >= 4 is 17.4 Å². The number of methoxy groups -OCH3 is 3. The Morgan fingerprint density at radius 2 is 1.45 bits per heavy atom. The van der Waals surface area contributed by atoms with Crippen LogP contribution in [0, 0.1) is 0 Å². The lowest BCUT2D eigenvalue weighted by atomic mass is 10.0. The Morgan fingerprint density at radius 1 is 0.871 bits per heavy atom. The van der Waals surface area contributed by atoms with Crippen LogP contribution in [-0.2, 0) is 19.1 Å². The summed E-state index contributed by atoms with van der Waals surface area (Å²) in [6, 6.07) is 7.29. The predicted octanol–water partition coefficient (Wildman–Crippen LogP) is 3.09. The second kappa shape index (κ2) is 11.3. The zero-order valence-electron chi connectivity index (χ0n) is 18.9. The SMILES string of the molecule is COCCN(CCOC)C1=C(c2ccc(OC)cc2)C(=O)N(C2CCCCCC2)C1=O. The fourth-order valence-corrected chi connectivity index (χ4v) is 4.43. The molecule has 1 aromatic rings. The quantitative estimate of drug-likeness (QED) is 0.420. The molecule has 0 aromatic heterocycles. The molecule has 1 aromatic carbocycles. The highest BCUT2D eigenvalue weighted by atomic mass is 16.5. The molecule has 1 fully saturated rings. The van der Waals surface area contributed by atoms with Crippen LogP contribution in [0.2, 0.25) is 0 Å². The molecule has 2 amide bonds. The van der Waals surface area contributed by atoms with Crippen LogP contribution in [-0.4, -0.2) is 75.3 Å². The van der Waals surface area contributed by atoms with Crippen molar-refractivity contribution in [3.63, 3.8) is 0 Å². The van der Waals surface area contributed by atoms with E-state index in [0.717, 1.165) is 44.1 Å². The number of hydrogen-bond acceptors (Lipinski definition) is 6. The molecule has 1 heterocycles. The summed E-state index contributed by atoms with van der Waals surface area (Å²) < 4.78 is 15.8. The minimum Gasteiger partial charge on any atom is -0.497 e. The largest absolute Gasteiger partial charge is 0.497 e. The Hall–Kier alpha value is -2.38. The highest BCUT2D eigenvalue weighted by Gasteiger charge is 2.44. The Kier molecular flexibility index (Phi) is 8.49. The van der Waals surface area contributed by atoms with Gasteiger partial charge < -0.3 is 19.1 Å². The lowest BCUT2D eigenvalue weighted by Gasteiger charge is -2.28. The molecule has 0 unspecified atom stereocenters. The number of nitrogens with zero attached hydrogens (tertiary/aromatic N) is 2. The number of amides is 2. The van der Waals surface area contributed by atoms with Crippen LogP contribution in [0.3, 0.4) is 0 Å². The van der Waals surface area contributed by atoms with Gasteiger partial charge in [-0.05, 0) is 30.5 Å². The van der Waals surface area contributed by atoms with Crippen LogP contribution in [0.4, 0.5) is 0 Å². The molecule has 7 nitrogen and oxygen atoms in total. The van der Waals surface area contributed by atoms with Crippen LogP contribution in [0.5, 0.6) is 5.75 Å². The van der Waals surface area contributed by atoms with Gasteiger partial charge >= 0.3 is 0 Å². The minimum absolute atomic E-state index is 0.0417. The summed E-state index contributed by atoms with van der Waals surface area (Å²) >= 11 is 0.